The number of alkyl halides is 3. The number of aromatic nitrogens is 2. The average molecular weight is 602 g/mol. The van der Waals surface area contributed by atoms with E-state index in [4.69, 9.17) is 0 Å². The Morgan fingerprint density at radius 3 is 2.38 bits per heavy atom. The molecule has 0 amide bonds. The Morgan fingerprint density at radius 2 is 1.70 bits per heavy atom. The van der Waals surface area contributed by atoms with Crippen molar-refractivity contribution in [2.24, 2.45) is 11.8 Å². The molecule has 3 N–H and O–H groups in total. The van der Waals surface area contributed by atoms with Gasteiger partial charge in [-0.2, -0.15) is 4.98 Å². The highest BCUT2D eigenvalue weighted by atomic mass is 79.9. The van der Waals surface area contributed by atoms with E-state index < -0.39 is 27.0 Å². The van der Waals surface area contributed by atoms with Crippen molar-refractivity contribution < 1.29 is 26.3 Å². The number of benzene rings is 2. The largest absolute Gasteiger partial charge is 0.573 e. The quantitative estimate of drug-likeness (QED) is 0.296. The molecule has 0 spiro atoms. The minimum absolute atomic E-state index is 0.0845. The van der Waals surface area contributed by atoms with Crippen molar-refractivity contribution >= 4 is 48.6 Å². The fourth-order valence-electron chi connectivity index (χ4n) is 4.44. The molecule has 0 saturated heterocycles. The van der Waals surface area contributed by atoms with Crippen molar-refractivity contribution in [3.8, 4) is 5.75 Å². The molecule has 3 aromatic rings. The standard InChI is InChI=1S/C24H27BrF3N5O3S/c1-29-22-18-4-2-3-5-19(18)32-23(33-22)30-13-15-6-8-16(9-7-15)14-31-37(34,35)21-11-10-17(25)12-20(21)36-24(26,27)28/h2-5,10-12,15-16,31H,6-9,13-14H2,1H3,(H2,29,30,32,33). The maximum atomic E-state index is 12.8. The summed E-state index contributed by atoms with van der Waals surface area (Å²) in [4.78, 5) is 8.57. The van der Waals surface area contributed by atoms with Gasteiger partial charge >= 0.3 is 6.36 Å². The summed E-state index contributed by atoms with van der Waals surface area (Å²) in [6.07, 6.45) is -1.66. The van der Waals surface area contributed by atoms with Gasteiger partial charge in [0.25, 0.3) is 0 Å². The molecule has 2 aromatic carbocycles. The summed E-state index contributed by atoms with van der Waals surface area (Å²) in [6, 6.07) is 11.2. The second-order valence-electron chi connectivity index (χ2n) is 8.92. The summed E-state index contributed by atoms with van der Waals surface area (Å²) in [6.45, 7) is 0.834. The Bertz CT molecular complexity index is 1350. The van der Waals surface area contributed by atoms with Crippen LogP contribution in [0.4, 0.5) is 24.9 Å². The molecule has 4 rings (SSSR count). The molecule has 8 nitrogen and oxygen atoms in total. The normalized spacial score (nSPS) is 18.5. The molecule has 0 bridgehead atoms. The monoisotopic (exact) mass is 601 g/mol. The average Bonchev–Trinajstić information content (AvgIpc) is 2.85. The van der Waals surface area contributed by atoms with E-state index in [1.807, 2.05) is 31.3 Å². The number of halogens is 4. The first-order valence-electron chi connectivity index (χ1n) is 11.8. The van der Waals surface area contributed by atoms with E-state index in [1.54, 1.807) is 0 Å². The third-order valence-electron chi connectivity index (χ3n) is 6.34. The molecule has 1 heterocycles. The summed E-state index contributed by atoms with van der Waals surface area (Å²) >= 11 is 3.04. The Hall–Kier alpha value is -2.64. The van der Waals surface area contributed by atoms with Crippen molar-refractivity contribution in [1.29, 1.82) is 0 Å². The van der Waals surface area contributed by atoms with Gasteiger partial charge in [-0.25, -0.2) is 18.1 Å². The van der Waals surface area contributed by atoms with Gasteiger partial charge in [-0.1, -0.05) is 28.1 Å². The molecule has 37 heavy (non-hydrogen) atoms. The minimum Gasteiger partial charge on any atom is -0.404 e. The van der Waals surface area contributed by atoms with Crippen LogP contribution in [0.3, 0.4) is 0 Å². The van der Waals surface area contributed by atoms with Crippen LogP contribution in [0.25, 0.3) is 10.9 Å². The highest BCUT2D eigenvalue weighted by Crippen LogP contribution is 2.33. The minimum atomic E-state index is -5.01. The van der Waals surface area contributed by atoms with Crippen LogP contribution < -0.4 is 20.1 Å². The third kappa shape index (κ3) is 7.23. The van der Waals surface area contributed by atoms with Crippen molar-refractivity contribution in [3.63, 3.8) is 0 Å². The smallest absolute Gasteiger partial charge is 0.404 e. The summed E-state index contributed by atoms with van der Waals surface area (Å²) in [5.41, 5.74) is 0.843. The molecular formula is C24H27BrF3N5O3S. The summed E-state index contributed by atoms with van der Waals surface area (Å²) < 4.78 is 70.5. The summed E-state index contributed by atoms with van der Waals surface area (Å²) in [5.74, 6) is 0.977. The number of nitrogens with zero attached hydrogens (tertiary/aromatic N) is 2. The number of anilines is 2. The third-order valence-corrected chi connectivity index (χ3v) is 8.29. The number of ether oxygens (including phenoxy) is 1. The van der Waals surface area contributed by atoms with Gasteiger partial charge in [0.2, 0.25) is 16.0 Å². The first kappa shape index (κ1) is 27.4. The molecule has 0 radical (unpaired) electrons. The van der Waals surface area contributed by atoms with Gasteiger partial charge in [0.1, 0.15) is 10.7 Å². The zero-order valence-corrected chi connectivity index (χ0v) is 22.4. The van der Waals surface area contributed by atoms with E-state index in [9.17, 15) is 21.6 Å². The van der Waals surface area contributed by atoms with Crippen LogP contribution in [-0.2, 0) is 10.0 Å². The van der Waals surface area contributed by atoms with E-state index in [2.05, 4.69) is 46.0 Å². The Balaban J connectivity index is 1.30. The number of para-hydroxylation sites is 1. The van der Waals surface area contributed by atoms with Gasteiger partial charge in [-0.15, -0.1) is 13.2 Å². The Kier molecular flexibility index (Phi) is 8.44. The van der Waals surface area contributed by atoms with Crippen molar-refractivity contribution in [2.45, 2.75) is 36.9 Å². The number of hydrogen-bond donors (Lipinski definition) is 3. The summed E-state index contributed by atoms with van der Waals surface area (Å²) in [5, 5.41) is 7.36. The second kappa shape index (κ2) is 11.4. The zero-order chi connectivity index (χ0) is 26.6. The number of fused-ring (bicyclic) bond motifs is 1. The van der Waals surface area contributed by atoms with Gasteiger partial charge in [0.15, 0.2) is 5.75 Å². The molecule has 0 atom stereocenters. The van der Waals surface area contributed by atoms with Crippen molar-refractivity contribution in [2.75, 3.05) is 30.8 Å². The highest BCUT2D eigenvalue weighted by Gasteiger charge is 2.34. The van der Waals surface area contributed by atoms with Gasteiger partial charge in [-0.05, 0) is 67.9 Å². The van der Waals surface area contributed by atoms with Crippen molar-refractivity contribution in [1.82, 2.24) is 14.7 Å². The molecule has 13 heteroatoms. The molecule has 1 aliphatic carbocycles. The number of rotatable bonds is 9. The van der Waals surface area contributed by atoms with Gasteiger partial charge in [0, 0.05) is 30.0 Å². The number of hydrogen-bond acceptors (Lipinski definition) is 7. The molecule has 0 unspecified atom stereocenters. The molecule has 0 aliphatic heterocycles. The Morgan fingerprint density at radius 1 is 1.03 bits per heavy atom. The lowest BCUT2D eigenvalue weighted by atomic mass is 9.82. The molecule has 1 aromatic heterocycles. The van der Waals surface area contributed by atoms with Crippen LogP contribution in [-0.4, -0.2) is 44.9 Å². The topological polar surface area (TPSA) is 105 Å². The fraction of sp³-hybridized carbons (Fsp3) is 0.417. The molecule has 1 fully saturated rings. The fourth-order valence-corrected chi connectivity index (χ4v) is 6.00. The number of sulfonamides is 1. The van der Waals surface area contributed by atoms with Crippen LogP contribution in [0.15, 0.2) is 51.8 Å². The molecule has 200 valence electrons. The first-order chi connectivity index (χ1) is 17.5. The highest BCUT2D eigenvalue weighted by molar-refractivity contribution is 9.10. The van der Waals surface area contributed by atoms with Crippen LogP contribution in [0, 0.1) is 11.8 Å². The van der Waals surface area contributed by atoms with E-state index in [0.29, 0.717) is 18.4 Å². The van der Waals surface area contributed by atoms with E-state index in [-0.39, 0.29) is 16.9 Å². The lowest BCUT2D eigenvalue weighted by molar-refractivity contribution is -0.275. The molecular weight excluding hydrogens is 575 g/mol. The maximum Gasteiger partial charge on any atom is 0.573 e. The van der Waals surface area contributed by atoms with Crippen LogP contribution >= 0.6 is 15.9 Å². The van der Waals surface area contributed by atoms with E-state index >= 15 is 0 Å². The molecule has 1 aliphatic rings. The maximum absolute atomic E-state index is 12.8. The lowest BCUT2D eigenvalue weighted by Gasteiger charge is -2.28. The van der Waals surface area contributed by atoms with Crippen LogP contribution in [0.2, 0.25) is 0 Å². The predicted molar refractivity (Wildman–Crippen MR) is 139 cm³/mol. The lowest BCUT2D eigenvalue weighted by Crippen LogP contribution is -2.33. The summed E-state index contributed by atoms with van der Waals surface area (Å²) in [7, 11) is -2.38. The molecule has 1 saturated carbocycles. The van der Waals surface area contributed by atoms with Gasteiger partial charge < -0.3 is 15.4 Å². The van der Waals surface area contributed by atoms with Gasteiger partial charge in [-0.3, -0.25) is 0 Å². The van der Waals surface area contributed by atoms with E-state index in [1.165, 1.54) is 6.07 Å². The number of nitrogens with one attached hydrogen (secondary N) is 3. The van der Waals surface area contributed by atoms with Crippen molar-refractivity contribution in [3.05, 3.63) is 46.9 Å². The van der Waals surface area contributed by atoms with Crippen LogP contribution in [0.1, 0.15) is 25.7 Å². The zero-order valence-electron chi connectivity index (χ0n) is 20.0. The Labute approximate surface area is 221 Å². The van der Waals surface area contributed by atoms with Crippen LogP contribution in [0.5, 0.6) is 5.75 Å². The SMILES string of the molecule is CNc1nc(NCC2CCC(CNS(=O)(=O)c3ccc(Br)cc3OC(F)(F)F)CC2)nc2ccccc12. The van der Waals surface area contributed by atoms with Gasteiger partial charge in [0.05, 0.1) is 5.52 Å². The first-order valence-corrected chi connectivity index (χ1v) is 14.0. The predicted octanol–water partition coefficient (Wildman–Crippen LogP) is 5.53. The van der Waals surface area contributed by atoms with E-state index in [0.717, 1.165) is 54.5 Å². The second-order valence-corrected chi connectivity index (χ2v) is 11.6.